The lowest BCUT2D eigenvalue weighted by Gasteiger charge is -2.26. The third-order valence-electron chi connectivity index (χ3n) is 3.25. The molecule has 0 aliphatic carbocycles. The first-order valence-corrected chi connectivity index (χ1v) is 6.57. The lowest BCUT2D eigenvalue weighted by molar-refractivity contribution is -0.585. The minimum Gasteiger partial charge on any atom is -0.287 e. The van der Waals surface area contributed by atoms with Crippen molar-refractivity contribution in [3.63, 3.8) is 0 Å². The van der Waals surface area contributed by atoms with Gasteiger partial charge in [0.05, 0.1) is 16.9 Å². The van der Waals surface area contributed by atoms with Crippen LogP contribution in [0.15, 0.2) is 60.7 Å². The van der Waals surface area contributed by atoms with Crippen molar-refractivity contribution in [1.29, 1.82) is 0 Å². The van der Waals surface area contributed by atoms with Gasteiger partial charge in [-0.15, -0.1) is 0 Å². The highest BCUT2D eigenvalue weighted by atomic mass is 16.6. The summed E-state index contributed by atoms with van der Waals surface area (Å²) in [5, 5.41) is 14.3. The second-order valence-corrected chi connectivity index (χ2v) is 4.83. The molecule has 0 bridgehead atoms. The topological polar surface area (TPSA) is 72.2 Å². The van der Waals surface area contributed by atoms with Crippen LogP contribution in [-0.4, -0.2) is 10.8 Å². The van der Waals surface area contributed by atoms with Crippen molar-refractivity contribution < 1.29 is 9.72 Å². The van der Waals surface area contributed by atoms with E-state index in [4.69, 9.17) is 0 Å². The maximum Gasteiger partial charge on any atom is 0.325 e. The van der Waals surface area contributed by atoms with E-state index >= 15 is 0 Å². The Hall–Kier alpha value is -2.69. The SMILES string of the molecule is CC(=O)NC(Cc1ccccc1)(c1ccccc1)[N+](=O)[O-]. The largest absolute Gasteiger partial charge is 0.325 e. The minimum atomic E-state index is -1.66. The molecule has 0 fully saturated rings. The van der Waals surface area contributed by atoms with Crippen molar-refractivity contribution in [2.24, 2.45) is 0 Å². The van der Waals surface area contributed by atoms with Crippen LogP contribution in [0.25, 0.3) is 0 Å². The van der Waals surface area contributed by atoms with Crippen LogP contribution in [0.3, 0.4) is 0 Å². The van der Waals surface area contributed by atoms with Gasteiger partial charge in [0, 0.05) is 6.92 Å². The molecule has 0 aliphatic rings. The number of nitrogens with one attached hydrogen (secondary N) is 1. The van der Waals surface area contributed by atoms with E-state index in [9.17, 15) is 14.9 Å². The summed E-state index contributed by atoms with van der Waals surface area (Å²) < 4.78 is 0. The Labute approximate surface area is 122 Å². The van der Waals surface area contributed by atoms with Gasteiger partial charge in [0.2, 0.25) is 5.91 Å². The van der Waals surface area contributed by atoms with Crippen molar-refractivity contribution in [3.8, 4) is 0 Å². The molecule has 0 aliphatic heterocycles. The van der Waals surface area contributed by atoms with Gasteiger partial charge < -0.3 is 0 Å². The molecule has 1 atom stereocenters. The predicted molar refractivity (Wildman–Crippen MR) is 79.1 cm³/mol. The minimum absolute atomic E-state index is 0.0877. The number of nitro groups is 1. The fraction of sp³-hybridized carbons (Fsp3) is 0.188. The molecule has 0 radical (unpaired) electrons. The molecule has 1 N–H and O–H groups in total. The third-order valence-corrected chi connectivity index (χ3v) is 3.25. The van der Waals surface area contributed by atoms with Gasteiger partial charge >= 0.3 is 5.66 Å². The molecule has 1 unspecified atom stereocenters. The molecule has 2 rings (SSSR count). The number of amides is 1. The van der Waals surface area contributed by atoms with E-state index in [0.717, 1.165) is 5.56 Å². The lowest BCUT2D eigenvalue weighted by Crippen LogP contribution is -2.52. The van der Waals surface area contributed by atoms with Crippen molar-refractivity contribution in [2.45, 2.75) is 19.0 Å². The predicted octanol–water partition coefficient (Wildman–Crippen LogP) is 2.49. The number of benzene rings is 2. The van der Waals surface area contributed by atoms with E-state index in [1.807, 2.05) is 30.3 Å². The van der Waals surface area contributed by atoms with E-state index in [-0.39, 0.29) is 6.42 Å². The summed E-state index contributed by atoms with van der Waals surface area (Å²) in [5.41, 5.74) is -0.421. The highest BCUT2D eigenvalue weighted by Gasteiger charge is 2.45. The molecule has 21 heavy (non-hydrogen) atoms. The molecule has 2 aromatic carbocycles. The summed E-state index contributed by atoms with van der Waals surface area (Å²) in [6.45, 7) is 1.28. The standard InChI is InChI=1S/C16H16N2O3/c1-13(19)17-16(18(20)21,15-10-6-3-7-11-15)12-14-8-4-2-5-9-14/h2-11H,12H2,1H3,(H,17,19). The maximum absolute atomic E-state index is 11.8. The number of carbonyl (C=O) groups excluding carboxylic acids is 1. The summed E-state index contributed by atoms with van der Waals surface area (Å²) >= 11 is 0. The van der Waals surface area contributed by atoms with Crippen LogP contribution >= 0.6 is 0 Å². The Bertz CT molecular complexity index is 628. The lowest BCUT2D eigenvalue weighted by atomic mass is 9.92. The van der Waals surface area contributed by atoms with Crippen LogP contribution in [-0.2, 0) is 16.9 Å². The Balaban J connectivity index is 2.51. The smallest absolute Gasteiger partial charge is 0.287 e. The van der Waals surface area contributed by atoms with Crippen molar-refractivity contribution in [2.75, 3.05) is 0 Å². The van der Waals surface area contributed by atoms with Crippen molar-refractivity contribution in [1.82, 2.24) is 5.32 Å². The Kier molecular flexibility index (Phi) is 4.33. The van der Waals surface area contributed by atoms with Crippen molar-refractivity contribution in [3.05, 3.63) is 81.9 Å². The molecule has 0 saturated heterocycles. The summed E-state index contributed by atoms with van der Waals surface area (Å²) in [5.74, 6) is -0.438. The molecule has 0 saturated carbocycles. The molecule has 0 aromatic heterocycles. The van der Waals surface area contributed by atoms with E-state index in [1.54, 1.807) is 30.3 Å². The Morgan fingerprint density at radius 2 is 1.62 bits per heavy atom. The highest BCUT2D eigenvalue weighted by molar-refractivity contribution is 5.74. The van der Waals surface area contributed by atoms with Crippen LogP contribution in [0.5, 0.6) is 0 Å². The Morgan fingerprint density at radius 3 is 2.10 bits per heavy atom. The zero-order chi connectivity index (χ0) is 15.3. The first kappa shape index (κ1) is 14.7. The van der Waals surface area contributed by atoms with Crippen LogP contribution in [0.1, 0.15) is 18.1 Å². The van der Waals surface area contributed by atoms with Crippen LogP contribution in [0, 0.1) is 10.1 Å². The molecule has 0 spiro atoms. The third kappa shape index (κ3) is 3.25. The van der Waals surface area contributed by atoms with E-state index < -0.39 is 16.5 Å². The van der Waals surface area contributed by atoms with Gasteiger partial charge in [0.15, 0.2) is 0 Å². The highest BCUT2D eigenvalue weighted by Crippen LogP contribution is 2.26. The Morgan fingerprint density at radius 1 is 1.10 bits per heavy atom. The van der Waals surface area contributed by atoms with Gasteiger partial charge in [-0.1, -0.05) is 48.5 Å². The maximum atomic E-state index is 11.8. The van der Waals surface area contributed by atoms with E-state index in [1.165, 1.54) is 6.92 Å². The van der Waals surface area contributed by atoms with E-state index in [2.05, 4.69) is 5.32 Å². The summed E-state index contributed by atoms with van der Waals surface area (Å²) in [4.78, 5) is 22.8. The summed E-state index contributed by atoms with van der Waals surface area (Å²) in [6.07, 6.45) is 0.0877. The van der Waals surface area contributed by atoms with Crippen LogP contribution in [0.4, 0.5) is 0 Å². The number of nitrogens with zero attached hydrogens (tertiary/aromatic N) is 1. The van der Waals surface area contributed by atoms with Crippen LogP contribution < -0.4 is 5.32 Å². The zero-order valence-corrected chi connectivity index (χ0v) is 11.7. The van der Waals surface area contributed by atoms with Crippen LogP contribution in [0.2, 0.25) is 0 Å². The molecule has 1 amide bonds. The van der Waals surface area contributed by atoms with Crippen molar-refractivity contribution >= 4 is 5.91 Å². The first-order chi connectivity index (χ1) is 10.0. The summed E-state index contributed by atoms with van der Waals surface area (Å²) in [6, 6.07) is 17.6. The number of rotatable bonds is 5. The molecule has 5 nitrogen and oxygen atoms in total. The second kappa shape index (κ2) is 6.17. The fourth-order valence-corrected chi connectivity index (χ4v) is 2.33. The average Bonchev–Trinajstić information content (AvgIpc) is 2.48. The number of hydrogen-bond donors (Lipinski definition) is 1. The van der Waals surface area contributed by atoms with Gasteiger partial charge in [-0.3, -0.25) is 20.2 Å². The molecule has 0 heterocycles. The van der Waals surface area contributed by atoms with Gasteiger partial charge in [0.1, 0.15) is 0 Å². The normalized spacial score (nSPS) is 13.2. The molecule has 5 heteroatoms. The molecular weight excluding hydrogens is 268 g/mol. The second-order valence-electron chi connectivity index (χ2n) is 4.83. The van der Waals surface area contributed by atoms with Gasteiger partial charge in [-0.05, 0) is 17.7 Å². The first-order valence-electron chi connectivity index (χ1n) is 6.57. The summed E-state index contributed by atoms with van der Waals surface area (Å²) in [7, 11) is 0. The molecule has 108 valence electrons. The number of hydrogen-bond acceptors (Lipinski definition) is 3. The van der Waals surface area contributed by atoms with E-state index in [0.29, 0.717) is 5.56 Å². The zero-order valence-electron chi connectivity index (χ0n) is 11.7. The quantitative estimate of drug-likeness (QED) is 0.521. The molecular formula is C16H16N2O3. The monoisotopic (exact) mass is 284 g/mol. The number of carbonyl (C=O) groups is 1. The average molecular weight is 284 g/mol. The van der Waals surface area contributed by atoms with Gasteiger partial charge in [-0.2, -0.15) is 0 Å². The molecule has 2 aromatic rings. The van der Waals surface area contributed by atoms with Gasteiger partial charge in [-0.25, -0.2) is 0 Å². The fourth-order valence-electron chi connectivity index (χ4n) is 2.33. The van der Waals surface area contributed by atoms with Gasteiger partial charge in [0.25, 0.3) is 0 Å².